The van der Waals surface area contributed by atoms with Gasteiger partial charge < -0.3 is 20.1 Å². The molecule has 3 rings (SSSR count). The molecule has 9 heteroatoms. The summed E-state index contributed by atoms with van der Waals surface area (Å²) in [5.74, 6) is -0.750. The standard InChI is InChI=1S/C15H13N5O4/c1-24-15(23)20-14-18-11-6-10(7-16-12(11)19-14)17-9-4-2-8(3-5-9)13(21)22/h2-7,17H,1H3,(H,21,22)(H2,16,18,19,20,23). The molecule has 3 aromatic rings. The minimum Gasteiger partial charge on any atom is -0.478 e. The Hall–Kier alpha value is -3.62. The number of methoxy groups -OCH3 is 1. The van der Waals surface area contributed by atoms with E-state index in [9.17, 15) is 9.59 Å². The van der Waals surface area contributed by atoms with Crippen LogP contribution in [0, 0.1) is 0 Å². The van der Waals surface area contributed by atoms with Gasteiger partial charge >= 0.3 is 12.1 Å². The zero-order chi connectivity index (χ0) is 17.1. The van der Waals surface area contributed by atoms with Gasteiger partial charge in [-0.25, -0.2) is 14.6 Å². The van der Waals surface area contributed by atoms with Crippen molar-refractivity contribution in [3.05, 3.63) is 42.1 Å². The lowest BCUT2D eigenvalue weighted by Gasteiger charge is -2.06. The number of rotatable bonds is 4. The number of nitrogens with zero attached hydrogens (tertiary/aromatic N) is 2. The average molecular weight is 327 g/mol. The molecule has 0 saturated heterocycles. The third-order valence-electron chi connectivity index (χ3n) is 3.16. The Labute approximate surface area is 135 Å². The summed E-state index contributed by atoms with van der Waals surface area (Å²) in [4.78, 5) is 33.2. The smallest absolute Gasteiger partial charge is 0.413 e. The summed E-state index contributed by atoms with van der Waals surface area (Å²) in [7, 11) is 1.26. The van der Waals surface area contributed by atoms with E-state index in [2.05, 4.69) is 30.3 Å². The number of carbonyl (C=O) groups is 2. The highest BCUT2D eigenvalue weighted by Gasteiger charge is 2.08. The number of anilines is 3. The summed E-state index contributed by atoms with van der Waals surface area (Å²) in [6, 6.07) is 8.09. The number of carboxylic acid groups (broad SMARTS) is 1. The second-order valence-corrected chi connectivity index (χ2v) is 4.80. The molecular formula is C15H13N5O4. The first-order chi connectivity index (χ1) is 11.5. The molecule has 0 aliphatic heterocycles. The van der Waals surface area contributed by atoms with E-state index in [-0.39, 0.29) is 11.5 Å². The molecule has 122 valence electrons. The average Bonchev–Trinajstić information content (AvgIpc) is 2.96. The predicted molar refractivity (Wildman–Crippen MR) is 86.6 cm³/mol. The third kappa shape index (κ3) is 3.24. The number of carboxylic acids is 1. The fourth-order valence-corrected chi connectivity index (χ4v) is 2.04. The molecule has 0 aliphatic carbocycles. The van der Waals surface area contributed by atoms with Gasteiger partial charge in [-0.15, -0.1) is 0 Å². The van der Waals surface area contributed by atoms with Gasteiger partial charge in [0.1, 0.15) is 0 Å². The van der Waals surface area contributed by atoms with Crippen LogP contribution in [0.25, 0.3) is 11.2 Å². The van der Waals surface area contributed by atoms with E-state index in [1.54, 1.807) is 24.4 Å². The Morgan fingerprint density at radius 2 is 1.96 bits per heavy atom. The molecular weight excluding hydrogens is 314 g/mol. The molecule has 0 unspecified atom stereocenters. The Morgan fingerprint density at radius 1 is 1.21 bits per heavy atom. The lowest BCUT2D eigenvalue weighted by atomic mass is 10.2. The lowest BCUT2D eigenvalue weighted by Crippen LogP contribution is -2.11. The maximum absolute atomic E-state index is 11.2. The van der Waals surface area contributed by atoms with E-state index in [0.29, 0.717) is 22.5 Å². The van der Waals surface area contributed by atoms with Gasteiger partial charge in [-0.3, -0.25) is 5.32 Å². The molecule has 0 radical (unpaired) electrons. The summed E-state index contributed by atoms with van der Waals surface area (Å²) < 4.78 is 4.49. The predicted octanol–water partition coefficient (Wildman–Crippen LogP) is 2.58. The van der Waals surface area contributed by atoms with Gasteiger partial charge in [0.25, 0.3) is 0 Å². The van der Waals surface area contributed by atoms with Crippen molar-refractivity contribution >= 4 is 40.5 Å². The van der Waals surface area contributed by atoms with Gasteiger partial charge in [0.2, 0.25) is 5.95 Å². The maximum atomic E-state index is 11.2. The second-order valence-electron chi connectivity index (χ2n) is 4.80. The third-order valence-corrected chi connectivity index (χ3v) is 3.16. The van der Waals surface area contributed by atoms with Crippen LogP contribution < -0.4 is 10.6 Å². The van der Waals surface area contributed by atoms with Crippen LogP contribution in [0.4, 0.5) is 22.1 Å². The van der Waals surface area contributed by atoms with Crippen LogP contribution in [0.2, 0.25) is 0 Å². The number of imidazole rings is 1. The van der Waals surface area contributed by atoms with Crippen LogP contribution >= 0.6 is 0 Å². The molecule has 1 aromatic carbocycles. The van der Waals surface area contributed by atoms with Crippen LogP contribution in [0.3, 0.4) is 0 Å². The first kappa shape index (κ1) is 15.3. The summed E-state index contributed by atoms with van der Waals surface area (Å²) in [6.45, 7) is 0. The van der Waals surface area contributed by atoms with Crippen molar-refractivity contribution in [2.75, 3.05) is 17.7 Å². The summed E-state index contributed by atoms with van der Waals surface area (Å²) in [5, 5.41) is 14.4. The van der Waals surface area contributed by atoms with E-state index in [1.807, 2.05) is 0 Å². The number of carbonyl (C=O) groups excluding carboxylic acids is 1. The number of hydrogen-bond donors (Lipinski definition) is 4. The number of nitrogens with one attached hydrogen (secondary N) is 3. The minimum absolute atomic E-state index is 0.209. The fraction of sp³-hybridized carbons (Fsp3) is 0.0667. The number of aromatic carboxylic acids is 1. The Morgan fingerprint density at radius 3 is 2.62 bits per heavy atom. The summed E-state index contributed by atoms with van der Waals surface area (Å²) in [6.07, 6.45) is 0.946. The van der Waals surface area contributed by atoms with E-state index in [4.69, 9.17) is 5.11 Å². The van der Waals surface area contributed by atoms with Crippen molar-refractivity contribution in [1.82, 2.24) is 15.0 Å². The van der Waals surface area contributed by atoms with E-state index >= 15 is 0 Å². The molecule has 0 fully saturated rings. The van der Waals surface area contributed by atoms with Crippen LogP contribution in [-0.2, 0) is 4.74 Å². The van der Waals surface area contributed by atoms with Crippen LogP contribution in [0.15, 0.2) is 36.5 Å². The molecule has 9 nitrogen and oxygen atoms in total. The van der Waals surface area contributed by atoms with Crippen molar-refractivity contribution in [3.8, 4) is 0 Å². The van der Waals surface area contributed by atoms with Gasteiger partial charge in [-0.2, -0.15) is 4.98 Å². The first-order valence-electron chi connectivity index (χ1n) is 6.86. The number of aromatic amines is 1. The zero-order valence-electron chi connectivity index (χ0n) is 12.5. The number of hydrogen-bond acceptors (Lipinski definition) is 6. The fourth-order valence-electron chi connectivity index (χ4n) is 2.04. The van der Waals surface area contributed by atoms with Crippen molar-refractivity contribution < 1.29 is 19.4 Å². The summed E-state index contributed by atoms with van der Waals surface area (Å²) >= 11 is 0. The zero-order valence-corrected chi connectivity index (χ0v) is 12.5. The van der Waals surface area contributed by atoms with Crippen molar-refractivity contribution in [1.29, 1.82) is 0 Å². The number of aromatic nitrogens is 3. The topological polar surface area (TPSA) is 129 Å². The lowest BCUT2D eigenvalue weighted by molar-refractivity contribution is 0.0697. The quantitative estimate of drug-likeness (QED) is 0.579. The van der Waals surface area contributed by atoms with Gasteiger partial charge in [-0.1, -0.05) is 0 Å². The normalized spacial score (nSPS) is 10.4. The maximum Gasteiger partial charge on any atom is 0.413 e. The van der Waals surface area contributed by atoms with Gasteiger partial charge in [0.15, 0.2) is 5.65 Å². The molecule has 0 bridgehead atoms. The molecule has 0 atom stereocenters. The number of amides is 1. The van der Waals surface area contributed by atoms with Crippen LogP contribution in [-0.4, -0.2) is 39.2 Å². The highest BCUT2D eigenvalue weighted by atomic mass is 16.5. The molecule has 0 spiro atoms. The van der Waals surface area contributed by atoms with Crippen molar-refractivity contribution in [2.45, 2.75) is 0 Å². The highest BCUT2D eigenvalue weighted by Crippen LogP contribution is 2.20. The molecule has 0 saturated carbocycles. The molecule has 2 aromatic heterocycles. The van der Waals surface area contributed by atoms with Gasteiger partial charge in [0.05, 0.1) is 30.1 Å². The van der Waals surface area contributed by atoms with Gasteiger partial charge in [-0.05, 0) is 30.3 Å². The van der Waals surface area contributed by atoms with Gasteiger partial charge in [0, 0.05) is 5.69 Å². The Bertz CT molecular complexity index is 904. The SMILES string of the molecule is COC(=O)Nc1nc2ncc(Nc3ccc(C(=O)O)cc3)cc2[nH]1. The van der Waals surface area contributed by atoms with Crippen molar-refractivity contribution in [3.63, 3.8) is 0 Å². The Balaban J connectivity index is 1.79. The number of benzene rings is 1. The van der Waals surface area contributed by atoms with E-state index in [0.717, 1.165) is 0 Å². The first-order valence-corrected chi connectivity index (χ1v) is 6.86. The molecule has 0 aliphatic rings. The summed E-state index contributed by atoms with van der Waals surface area (Å²) in [5.41, 5.74) is 2.66. The number of H-pyrrole nitrogens is 1. The van der Waals surface area contributed by atoms with E-state index in [1.165, 1.54) is 19.2 Å². The minimum atomic E-state index is -0.979. The molecule has 4 N–H and O–H groups in total. The molecule has 2 heterocycles. The monoisotopic (exact) mass is 327 g/mol. The van der Waals surface area contributed by atoms with Crippen LogP contribution in [0.5, 0.6) is 0 Å². The highest BCUT2D eigenvalue weighted by molar-refractivity contribution is 5.88. The largest absolute Gasteiger partial charge is 0.478 e. The number of pyridine rings is 1. The van der Waals surface area contributed by atoms with Crippen LogP contribution in [0.1, 0.15) is 10.4 Å². The molecule has 1 amide bonds. The number of fused-ring (bicyclic) bond motifs is 1. The Kier molecular flexibility index (Phi) is 3.98. The van der Waals surface area contributed by atoms with Crippen molar-refractivity contribution in [2.24, 2.45) is 0 Å². The van der Waals surface area contributed by atoms with E-state index < -0.39 is 12.1 Å². The molecule has 24 heavy (non-hydrogen) atoms. The second kappa shape index (κ2) is 6.24. The number of ether oxygens (including phenoxy) is 1.